The van der Waals surface area contributed by atoms with Crippen molar-refractivity contribution in [3.63, 3.8) is 0 Å². The van der Waals surface area contributed by atoms with Gasteiger partial charge in [0.15, 0.2) is 12.2 Å². The molecule has 4 atom stereocenters. The summed E-state index contributed by atoms with van der Waals surface area (Å²) in [6.45, 7) is 3.59. The lowest BCUT2D eigenvalue weighted by Crippen LogP contribution is -2.42. The zero-order chi connectivity index (χ0) is 27.1. The van der Waals surface area contributed by atoms with Gasteiger partial charge in [-0.1, -0.05) is 65.7 Å². The Balaban J connectivity index is 1.45. The Labute approximate surface area is 224 Å². The van der Waals surface area contributed by atoms with Gasteiger partial charge in [0.25, 0.3) is 0 Å². The Bertz CT molecular complexity index is 1240. The molecule has 8 nitrogen and oxygen atoms in total. The van der Waals surface area contributed by atoms with Crippen molar-refractivity contribution in [2.75, 3.05) is 6.61 Å². The zero-order valence-corrected chi connectivity index (χ0v) is 21.8. The highest BCUT2D eigenvalue weighted by Crippen LogP contribution is 2.38. The lowest BCUT2D eigenvalue weighted by molar-refractivity contribution is -0.0675. The average Bonchev–Trinajstić information content (AvgIpc) is 3.20. The van der Waals surface area contributed by atoms with Crippen LogP contribution in [0.25, 0.3) is 0 Å². The molecule has 0 aromatic heterocycles. The van der Waals surface area contributed by atoms with Crippen LogP contribution in [0.5, 0.6) is 0 Å². The van der Waals surface area contributed by atoms with Crippen LogP contribution in [-0.4, -0.2) is 52.7 Å². The highest BCUT2D eigenvalue weighted by molar-refractivity contribution is 8.00. The Kier molecular flexibility index (Phi) is 9.04. The average molecular weight is 537 g/mol. The van der Waals surface area contributed by atoms with E-state index in [-0.39, 0.29) is 13.2 Å². The Morgan fingerprint density at radius 1 is 0.737 bits per heavy atom. The molecule has 0 bridgehead atoms. The molecule has 3 aromatic rings. The normalized spacial score (nSPS) is 20.4. The molecule has 1 heterocycles. The van der Waals surface area contributed by atoms with Gasteiger partial charge in [-0.2, -0.15) is 0 Å². The molecule has 0 amide bonds. The number of thioether (sulfide) groups is 1. The molecule has 0 aliphatic carbocycles. The van der Waals surface area contributed by atoms with Crippen molar-refractivity contribution >= 4 is 29.9 Å². The molecule has 4 rings (SSSR count). The summed E-state index contributed by atoms with van der Waals surface area (Å²) in [5.74, 6) is -1.22. The molecule has 38 heavy (non-hydrogen) atoms. The molecular formula is C29H28O8S. The van der Waals surface area contributed by atoms with E-state index in [9.17, 15) is 19.5 Å². The fraction of sp³-hybridized carbons (Fsp3) is 0.276. The highest BCUT2D eigenvalue weighted by atomic mass is 32.2. The second kappa shape index (κ2) is 12.6. The van der Waals surface area contributed by atoms with E-state index >= 15 is 0 Å². The number of carbonyl (C=O) groups excluding carboxylic acids is 3. The lowest BCUT2D eigenvalue weighted by atomic mass is 10.1. The van der Waals surface area contributed by atoms with E-state index < -0.39 is 41.0 Å². The molecule has 1 saturated heterocycles. The Morgan fingerprint density at radius 2 is 1.32 bits per heavy atom. The molecule has 1 N–H and O–H groups in total. The zero-order valence-electron chi connectivity index (χ0n) is 20.9. The first-order valence-electron chi connectivity index (χ1n) is 12.0. The maximum atomic E-state index is 12.9. The largest absolute Gasteiger partial charge is 0.509 e. The predicted molar refractivity (Wildman–Crippen MR) is 141 cm³/mol. The summed E-state index contributed by atoms with van der Waals surface area (Å²) in [6, 6.07) is 22.7. The van der Waals surface area contributed by atoms with E-state index in [1.807, 2.05) is 32.0 Å². The second-order valence-electron chi connectivity index (χ2n) is 8.87. The van der Waals surface area contributed by atoms with Crippen molar-refractivity contribution < 1.29 is 38.4 Å². The molecule has 0 radical (unpaired) electrons. The molecule has 0 spiro atoms. The quantitative estimate of drug-likeness (QED) is 0.319. The number of ether oxygens (including phenoxy) is 4. The summed E-state index contributed by atoms with van der Waals surface area (Å²) >= 11 is 0.986. The number of aliphatic hydroxyl groups is 1. The van der Waals surface area contributed by atoms with Crippen LogP contribution >= 0.6 is 11.8 Å². The summed E-state index contributed by atoms with van der Waals surface area (Å²) in [4.78, 5) is 37.9. The van der Waals surface area contributed by atoms with Gasteiger partial charge in [-0.3, -0.25) is 0 Å². The van der Waals surface area contributed by atoms with E-state index in [1.165, 1.54) is 0 Å². The van der Waals surface area contributed by atoms with Crippen LogP contribution in [0.1, 0.15) is 37.4 Å². The fourth-order valence-corrected chi connectivity index (χ4v) is 5.02. The Morgan fingerprint density at radius 3 is 1.92 bits per heavy atom. The molecule has 3 aromatic carbocycles. The summed E-state index contributed by atoms with van der Waals surface area (Å²) in [6.07, 6.45) is -3.35. The third-order valence-corrected chi connectivity index (χ3v) is 7.21. The first-order chi connectivity index (χ1) is 18.3. The minimum absolute atomic E-state index is 0.0267. The topological polar surface area (TPSA) is 108 Å². The summed E-state index contributed by atoms with van der Waals surface area (Å²) in [7, 11) is 0. The minimum atomic E-state index is -1.24. The Hall–Kier alpha value is -3.82. The van der Waals surface area contributed by atoms with Crippen LogP contribution in [0.3, 0.4) is 0 Å². The molecule has 0 saturated carbocycles. The van der Waals surface area contributed by atoms with Gasteiger partial charge in [0.05, 0.1) is 16.4 Å². The van der Waals surface area contributed by atoms with Crippen LogP contribution < -0.4 is 0 Å². The highest BCUT2D eigenvalue weighted by Gasteiger charge is 2.49. The fourth-order valence-electron chi connectivity index (χ4n) is 3.78. The van der Waals surface area contributed by atoms with Gasteiger partial charge in [0.2, 0.25) is 0 Å². The SMILES string of the molecule is Cc1ccc(C(=O)OC[C@H]2SC(O)[C@@H](OC(=O)OCc3ccccc3)[C@H]2OC(=O)c2ccc(C)cc2)cc1. The van der Waals surface area contributed by atoms with Crippen LogP contribution in [-0.2, 0) is 25.6 Å². The maximum Gasteiger partial charge on any atom is 0.509 e. The summed E-state index contributed by atoms with van der Waals surface area (Å²) < 4.78 is 21.7. The number of esters is 2. The van der Waals surface area contributed by atoms with Gasteiger partial charge in [0, 0.05) is 0 Å². The molecule has 1 fully saturated rings. The van der Waals surface area contributed by atoms with Gasteiger partial charge in [-0.05, 0) is 43.7 Å². The number of hydrogen-bond acceptors (Lipinski definition) is 9. The van der Waals surface area contributed by atoms with E-state index in [0.29, 0.717) is 11.1 Å². The van der Waals surface area contributed by atoms with Crippen LogP contribution in [0.15, 0.2) is 78.9 Å². The van der Waals surface area contributed by atoms with Gasteiger partial charge in [0.1, 0.15) is 18.6 Å². The first-order valence-corrected chi connectivity index (χ1v) is 13.0. The number of carbonyl (C=O) groups is 3. The van der Waals surface area contributed by atoms with E-state index in [2.05, 4.69) is 0 Å². The number of hydrogen-bond donors (Lipinski definition) is 1. The second-order valence-corrected chi connectivity index (χ2v) is 10.2. The molecular weight excluding hydrogens is 508 g/mol. The molecule has 1 unspecified atom stereocenters. The van der Waals surface area contributed by atoms with Gasteiger partial charge in [-0.15, -0.1) is 11.8 Å². The number of aliphatic hydroxyl groups excluding tert-OH is 1. The monoisotopic (exact) mass is 536 g/mol. The number of aryl methyl sites for hydroxylation is 2. The van der Waals surface area contributed by atoms with Crippen LogP contribution in [0.4, 0.5) is 4.79 Å². The predicted octanol–water partition coefficient (Wildman–Crippen LogP) is 4.84. The van der Waals surface area contributed by atoms with Crippen LogP contribution in [0.2, 0.25) is 0 Å². The third kappa shape index (κ3) is 7.14. The molecule has 198 valence electrons. The number of benzene rings is 3. The van der Waals surface area contributed by atoms with E-state index in [0.717, 1.165) is 28.5 Å². The number of rotatable bonds is 8. The van der Waals surface area contributed by atoms with Gasteiger partial charge in [-0.25, -0.2) is 14.4 Å². The van der Waals surface area contributed by atoms with E-state index in [4.69, 9.17) is 18.9 Å². The smallest absolute Gasteiger partial charge is 0.461 e. The molecule has 9 heteroatoms. The maximum absolute atomic E-state index is 12.9. The van der Waals surface area contributed by atoms with Crippen molar-refractivity contribution in [3.05, 3.63) is 107 Å². The first kappa shape index (κ1) is 27.2. The van der Waals surface area contributed by atoms with E-state index in [1.54, 1.807) is 60.7 Å². The standard InChI is InChI=1S/C29H28O8S/c1-18-8-12-21(13-9-18)26(30)34-17-23-24(36-27(31)22-14-10-19(2)11-15-22)25(28(32)38-23)37-29(33)35-16-20-6-4-3-5-7-20/h3-15,23-25,28,32H,16-17H2,1-2H3/t23-,24+,25+,28?/m1/s1. The van der Waals surface area contributed by atoms with Crippen molar-refractivity contribution in [3.8, 4) is 0 Å². The van der Waals surface area contributed by atoms with Gasteiger partial charge < -0.3 is 24.1 Å². The molecule has 1 aliphatic rings. The third-order valence-electron chi connectivity index (χ3n) is 5.91. The van der Waals surface area contributed by atoms with Crippen molar-refractivity contribution in [2.24, 2.45) is 0 Å². The lowest BCUT2D eigenvalue weighted by Gasteiger charge is -2.24. The molecule has 1 aliphatic heterocycles. The van der Waals surface area contributed by atoms with Crippen molar-refractivity contribution in [1.29, 1.82) is 0 Å². The van der Waals surface area contributed by atoms with Gasteiger partial charge >= 0.3 is 18.1 Å². The summed E-state index contributed by atoms with van der Waals surface area (Å²) in [5.41, 5.74) is 2.15. The van der Waals surface area contributed by atoms with Crippen LogP contribution in [0, 0.1) is 13.8 Å². The van der Waals surface area contributed by atoms with Crippen molar-refractivity contribution in [1.82, 2.24) is 0 Å². The summed E-state index contributed by atoms with van der Waals surface area (Å²) in [5, 5.41) is 10.0. The van der Waals surface area contributed by atoms with Crippen molar-refractivity contribution in [2.45, 2.75) is 43.3 Å². The minimum Gasteiger partial charge on any atom is -0.461 e.